The second-order valence-corrected chi connectivity index (χ2v) is 8.71. The van der Waals surface area contributed by atoms with E-state index in [4.69, 9.17) is 9.84 Å². The predicted molar refractivity (Wildman–Crippen MR) is 127 cm³/mol. The first-order chi connectivity index (χ1) is 16.0. The van der Waals surface area contributed by atoms with Gasteiger partial charge in [-0.1, -0.05) is 67.4 Å². The smallest absolute Gasteiger partial charge is 0.335 e. The number of rotatable bonds is 8. The lowest BCUT2D eigenvalue weighted by Crippen LogP contribution is -2.43. The second kappa shape index (κ2) is 9.90. The van der Waals surface area contributed by atoms with E-state index in [9.17, 15) is 9.59 Å². The molecule has 1 fully saturated rings. The maximum absolute atomic E-state index is 13.5. The topological polar surface area (TPSA) is 75.6 Å². The van der Waals surface area contributed by atoms with Gasteiger partial charge < -0.3 is 15.2 Å². The number of hydrogen-bond acceptors (Lipinski definition) is 3. The normalized spacial score (nSPS) is 15.5. The van der Waals surface area contributed by atoms with E-state index in [1.54, 1.807) is 24.3 Å². The summed E-state index contributed by atoms with van der Waals surface area (Å²) in [4.78, 5) is 24.6. The second-order valence-electron chi connectivity index (χ2n) is 8.71. The summed E-state index contributed by atoms with van der Waals surface area (Å²) < 4.78 is 5.91. The van der Waals surface area contributed by atoms with Gasteiger partial charge in [-0.3, -0.25) is 4.79 Å². The Hall–Kier alpha value is -3.60. The summed E-state index contributed by atoms with van der Waals surface area (Å²) in [6.07, 6.45) is 3.66. The molecule has 0 bridgehead atoms. The number of aromatic carboxylic acids is 1. The molecule has 0 aromatic heterocycles. The summed E-state index contributed by atoms with van der Waals surface area (Å²) in [5, 5.41) is 12.3. The van der Waals surface area contributed by atoms with E-state index in [1.807, 2.05) is 61.5 Å². The van der Waals surface area contributed by atoms with E-state index in [2.05, 4.69) is 5.32 Å². The average Bonchev–Trinajstić information content (AvgIpc) is 3.35. The number of carboxylic acid groups (broad SMARTS) is 1. The fraction of sp³-hybridized carbons (Fsp3) is 0.286. The van der Waals surface area contributed by atoms with Crippen LogP contribution < -0.4 is 10.1 Å². The molecule has 170 valence electrons. The van der Waals surface area contributed by atoms with Crippen LogP contribution in [0.15, 0.2) is 78.9 Å². The molecule has 2 N–H and O–H groups in total. The predicted octanol–water partition coefficient (Wildman–Crippen LogP) is 5.65. The van der Waals surface area contributed by atoms with Crippen molar-refractivity contribution in [3.05, 3.63) is 101 Å². The fourth-order valence-electron chi connectivity index (χ4n) is 4.57. The van der Waals surface area contributed by atoms with Crippen molar-refractivity contribution in [1.82, 2.24) is 5.32 Å². The summed E-state index contributed by atoms with van der Waals surface area (Å²) in [5.74, 6) is -0.157. The van der Waals surface area contributed by atoms with Gasteiger partial charge in [-0.25, -0.2) is 4.79 Å². The molecule has 0 aliphatic heterocycles. The Morgan fingerprint density at radius 3 is 2.18 bits per heavy atom. The summed E-state index contributed by atoms with van der Waals surface area (Å²) in [6.45, 7) is 2.43. The van der Waals surface area contributed by atoms with Crippen LogP contribution in [0.3, 0.4) is 0 Å². The van der Waals surface area contributed by atoms with Gasteiger partial charge >= 0.3 is 5.97 Å². The van der Waals surface area contributed by atoms with Crippen LogP contribution in [0.25, 0.3) is 0 Å². The molecule has 1 saturated carbocycles. The zero-order valence-electron chi connectivity index (χ0n) is 18.8. The van der Waals surface area contributed by atoms with Crippen molar-refractivity contribution >= 4 is 11.9 Å². The summed E-state index contributed by atoms with van der Waals surface area (Å²) in [5.41, 5.74) is 2.69. The minimum Gasteiger partial charge on any atom is -0.489 e. The third-order valence-corrected chi connectivity index (χ3v) is 6.55. The Morgan fingerprint density at radius 1 is 0.939 bits per heavy atom. The molecule has 0 heterocycles. The van der Waals surface area contributed by atoms with Crippen LogP contribution in [-0.2, 0) is 16.8 Å². The molecule has 0 spiro atoms. The summed E-state index contributed by atoms with van der Waals surface area (Å²) >= 11 is 0. The first-order valence-corrected chi connectivity index (χ1v) is 11.4. The molecule has 0 radical (unpaired) electrons. The highest BCUT2D eigenvalue weighted by Crippen LogP contribution is 2.42. The van der Waals surface area contributed by atoms with E-state index in [1.165, 1.54) is 0 Å². The maximum atomic E-state index is 13.5. The largest absolute Gasteiger partial charge is 0.489 e. The molecule has 1 atom stereocenters. The zero-order valence-corrected chi connectivity index (χ0v) is 18.8. The molecular formula is C28H29NO4. The lowest BCUT2D eigenvalue weighted by atomic mass is 9.77. The molecule has 1 aliphatic rings. The number of carbonyl (C=O) groups is 2. The average molecular weight is 444 g/mol. The third kappa shape index (κ3) is 5.08. The minimum absolute atomic E-state index is 0.0211. The first kappa shape index (κ1) is 22.6. The van der Waals surface area contributed by atoms with Gasteiger partial charge in [-0.05, 0) is 60.7 Å². The van der Waals surface area contributed by atoms with Crippen LogP contribution >= 0.6 is 0 Å². The van der Waals surface area contributed by atoms with Gasteiger partial charge in [0.15, 0.2) is 0 Å². The van der Waals surface area contributed by atoms with Gasteiger partial charge in [0, 0.05) is 0 Å². The van der Waals surface area contributed by atoms with Crippen molar-refractivity contribution in [2.24, 2.45) is 0 Å². The Bertz CT molecular complexity index is 1090. The molecule has 1 aliphatic carbocycles. The highest BCUT2D eigenvalue weighted by atomic mass is 16.5. The number of ether oxygens (including phenoxy) is 1. The lowest BCUT2D eigenvalue weighted by molar-refractivity contribution is -0.127. The van der Waals surface area contributed by atoms with E-state index in [0.717, 1.165) is 48.1 Å². The zero-order chi connectivity index (χ0) is 23.3. The fourth-order valence-corrected chi connectivity index (χ4v) is 4.57. The van der Waals surface area contributed by atoms with Crippen LogP contribution in [0.5, 0.6) is 5.75 Å². The number of amides is 1. The molecule has 0 saturated heterocycles. The Morgan fingerprint density at radius 2 is 1.58 bits per heavy atom. The van der Waals surface area contributed by atoms with Gasteiger partial charge in [-0.15, -0.1) is 0 Å². The number of benzene rings is 3. The molecule has 33 heavy (non-hydrogen) atoms. The first-order valence-electron chi connectivity index (χ1n) is 11.4. The maximum Gasteiger partial charge on any atom is 0.335 e. The molecule has 4 rings (SSSR count). The van der Waals surface area contributed by atoms with Crippen molar-refractivity contribution in [3.8, 4) is 5.75 Å². The van der Waals surface area contributed by atoms with Crippen molar-refractivity contribution in [1.29, 1.82) is 0 Å². The highest BCUT2D eigenvalue weighted by Gasteiger charge is 2.43. The summed E-state index contributed by atoms with van der Waals surface area (Å²) in [7, 11) is 0. The van der Waals surface area contributed by atoms with Crippen LogP contribution in [0.2, 0.25) is 0 Å². The van der Waals surface area contributed by atoms with Crippen LogP contribution in [0.4, 0.5) is 0 Å². The standard InChI is InChI=1S/C28H29NO4/c1-20(22-9-11-23(12-10-22)26(30)31)29-27(32)28(17-5-6-18-28)24-13-15-25(16-14-24)33-19-21-7-3-2-4-8-21/h2-4,7-16,20H,5-6,17-19H2,1H3,(H,29,32)(H,30,31). The quantitative estimate of drug-likeness (QED) is 0.471. The van der Waals surface area contributed by atoms with E-state index in [0.29, 0.717) is 6.61 Å². The van der Waals surface area contributed by atoms with Gasteiger partial charge in [0.05, 0.1) is 17.0 Å². The number of hydrogen-bond donors (Lipinski definition) is 2. The molecular weight excluding hydrogens is 414 g/mol. The Balaban J connectivity index is 1.45. The van der Waals surface area contributed by atoms with E-state index >= 15 is 0 Å². The SMILES string of the molecule is CC(NC(=O)C1(c2ccc(OCc3ccccc3)cc2)CCCC1)c1ccc(C(=O)O)cc1. The van der Waals surface area contributed by atoms with E-state index < -0.39 is 11.4 Å². The molecule has 1 amide bonds. The lowest BCUT2D eigenvalue weighted by Gasteiger charge is -2.30. The number of carbonyl (C=O) groups excluding carboxylic acids is 1. The Kier molecular flexibility index (Phi) is 6.78. The van der Waals surface area contributed by atoms with Crippen molar-refractivity contribution in [3.63, 3.8) is 0 Å². The molecule has 3 aromatic rings. The monoisotopic (exact) mass is 443 g/mol. The van der Waals surface area contributed by atoms with Crippen molar-refractivity contribution < 1.29 is 19.4 Å². The van der Waals surface area contributed by atoms with Gasteiger partial charge in [0.1, 0.15) is 12.4 Å². The van der Waals surface area contributed by atoms with Crippen molar-refractivity contribution in [2.75, 3.05) is 0 Å². The van der Waals surface area contributed by atoms with Crippen LogP contribution in [-0.4, -0.2) is 17.0 Å². The van der Waals surface area contributed by atoms with Gasteiger partial charge in [0.2, 0.25) is 5.91 Å². The van der Waals surface area contributed by atoms with Crippen LogP contribution in [0.1, 0.15) is 65.7 Å². The van der Waals surface area contributed by atoms with Gasteiger partial charge in [0.25, 0.3) is 0 Å². The highest BCUT2D eigenvalue weighted by molar-refractivity contribution is 5.89. The number of nitrogens with one attached hydrogen (secondary N) is 1. The summed E-state index contributed by atoms with van der Waals surface area (Å²) in [6, 6.07) is 24.4. The third-order valence-electron chi connectivity index (χ3n) is 6.55. The van der Waals surface area contributed by atoms with Gasteiger partial charge in [-0.2, -0.15) is 0 Å². The van der Waals surface area contributed by atoms with E-state index in [-0.39, 0.29) is 17.5 Å². The molecule has 3 aromatic carbocycles. The number of carboxylic acids is 1. The minimum atomic E-state index is -0.959. The molecule has 1 unspecified atom stereocenters. The molecule has 5 nitrogen and oxygen atoms in total. The molecule has 5 heteroatoms. The van der Waals surface area contributed by atoms with Crippen LogP contribution in [0, 0.1) is 0 Å². The van der Waals surface area contributed by atoms with Crippen molar-refractivity contribution in [2.45, 2.75) is 50.7 Å². The Labute approximate surface area is 194 Å².